The number of hydrogen-bond donors (Lipinski definition) is 2. The third-order valence-electron chi connectivity index (χ3n) is 3.07. The van der Waals surface area contributed by atoms with E-state index in [9.17, 15) is 5.11 Å². The molecule has 0 bridgehead atoms. The molecule has 4 heteroatoms. The van der Waals surface area contributed by atoms with E-state index in [-0.39, 0.29) is 11.8 Å². The molecule has 1 atom stereocenters. The van der Waals surface area contributed by atoms with Crippen molar-refractivity contribution >= 4 is 0 Å². The highest BCUT2D eigenvalue weighted by Gasteiger charge is 2.22. The maximum absolute atomic E-state index is 9.43. The van der Waals surface area contributed by atoms with E-state index in [0.717, 1.165) is 36.3 Å². The molecule has 2 aromatic rings. The minimum Gasteiger partial charge on any atom is -0.508 e. The van der Waals surface area contributed by atoms with Gasteiger partial charge in [-0.3, -0.25) is 0 Å². The maximum Gasteiger partial charge on any atom is 0.226 e. The van der Waals surface area contributed by atoms with Crippen molar-refractivity contribution in [3.8, 4) is 17.2 Å². The topological polar surface area (TPSA) is 72.3 Å². The number of benzene rings is 1. The van der Waals surface area contributed by atoms with Crippen molar-refractivity contribution in [3.05, 3.63) is 35.7 Å². The number of aromatic hydroxyl groups is 1. The number of phenolic OH excluding ortho intramolecular Hbond substituents is 1. The summed E-state index contributed by atoms with van der Waals surface area (Å²) in [4.78, 5) is 4.46. The molecule has 1 aliphatic carbocycles. The molecule has 1 unspecified atom stereocenters. The van der Waals surface area contributed by atoms with Gasteiger partial charge in [-0.05, 0) is 31.0 Å². The number of hydrogen-bond acceptors (Lipinski definition) is 4. The minimum absolute atomic E-state index is 0.174. The molecule has 0 aliphatic heterocycles. The van der Waals surface area contributed by atoms with Crippen molar-refractivity contribution in [2.75, 3.05) is 0 Å². The van der Waals surface area contributed by atoms with Crippen LogP contribution in [0.5, 0.6) is 5.75 Å². The van der Waals surface area contributed by atoms with Gasteiger partial charge in [0.15, 0.2) is 0 Å². The lowest BCUT2D eigenvalue weighted by Crippen LogP contribution is -2.27. The van der Waals surface area contributed by atoms with Crippen molar-refractivity contribution in [3.63, 3.8) is 0 Å². The third kappa shape index (κ3) is 1.91. The fourth-order valence-corrected chi connectivity index (χ4v) is 2.16. The first kappa shape index (κ1) is 10.4. The Morgan fingerprint density at radius 3 is 3.12 bits per heavy atom. The maximum atomic E-state index is 9.43. The molecule has 0 fully saturated rings. The van der Waals surface area contributed by atoms with Gasteiger partial charge in [-0.15, -0.1) is 0 Å². The number of rotatable bonds is 1. The first-order valence-corrected chi connectivity index (χ1v) is 5.76. The summed E-state index contributed by atoms with van der Waals surface area (Å²) in [7, 11) is 0. The van der Waals surface area contributed by atoms with E-state index in [4.69, 9.17) is 10.2 Å². The van der Waals surface area contributed by atoms with Crippen LogP contribution >= 0.6 is 0 Å². The highest BCUT2D eigenvalue weighted by atomic mass is 16.4. The van der Waals surface area contributed by atoms with Crippen LogP contribution in [0.15, 0.2) is 28.7 Å². The molecule has 0 amide bonds. The second kappa shape index (κ2) is 3.89. The van der Waals surface area contributed by atoms with Crippen LogP contribution in [0.2, 0.25) is 0 Å². The zero-order valence-corrected chi connectivity index (χ0v) is 9.39. The normalized spacial score (nSPS) is 19.0. The van der Waals surface area contributed by atoms with Crippen LogP contribution in [-0.4, -0.2) is 16.1 Å². The van der Waals surface area contributed by atoms with Gasteiger partial charge in [0.25, 0.3) is 0 Å². The first-order chi connectivity index (χ1) is 8.22. The number of phenols is 1. The summed E-state index contributed by atoms with van der Waals surface area (Å²) in [6, 6.07) is 7.10. The average Bonchev–Trinajstić information content (AvgIpc) is 2.72. The molecule has 0 saturated heterocycles. The molecule has 1 aromatic carbocycles. The van der Waals surface area contributed by atoms with Gasteiger partial charge in [-0.25, -0.2) is 4.98 Å². The predicted octanol–water partition coefficient (Wildman–Crippen LogP) is 1.86. The fraction of sp³-hybridized carbons (Fsp3) is 0.308. The van der Waals surface area contributed by atoms with Gasteiger partial charge < -0.3 is 15.3 Å². The summed E-state index contributed by atoms with van der Waals surface area (Å²) in [6.45, 7) is 0. The van der Waals surface area contributed by atoms with Crippen LogP contribution in [0.1, 0.15) is 17.9 Å². The summed E-state index contributed by atoms with van der Waals surface area (Å²) in [6.07, 6.45) is 2.58. The number of nitrogens with two attached hydrogens (primary N) is 1. The van der Waals surface area contributed by atoms with E-state index in [1.54, 1.807) is 18.2 Å². The molecule has 1 aliphatic rings. The van der Waals surface area contributed by atoms with Gasteiger partial charge in [0, 0.05) is 18.0 Å². The lowest BCUT2D eigenvalue weighted by atomic mass is 9.98. The Labute approximate surface area is 99.1 Å². The molecule has 1 heterocycles. The quantitative estimate of drug-likeness (QED) is 0.784. The SMILES string of the molecule is NC1CCc2nc(-c3cccc(O)c3)oc2C1. The smallest absolute Gasteiger partial charge is 0.226 e. The standard InChI is InChI=1S/C13H14N2O2/c14-9-4-5-11-12(7-9)17-13(15-11)8-2-1-3-10(16)6-8/h1-3,6,9,16H,4-5,7,14H2. The highest BCUT2D eigenvalue weighted by Crippen LogP contribution is 2.28. The van der Waals surface area contributed by atoms with Crippen LogP contribution in [0, 0.1) is 0 Å². The largest absolute Gasteiger partial charge is 0.508 e. The van der Waals surface area contributed by atoms with E-state index >= 15 is 0 Å². The van der Waals surface area contributed by atoms with Gasteiger partial charge in [0.2, 0.25) is 5.89 Å². The Hall–Kier alpha value is -1.81. The van der Waals surface area contributed by atoms with Crippen molar-refractivity contribution in [1.82, 2.24) is 4.98 Å². The number of fused-ring (bicyclic) bond motifs is 1. The zero-order valence-electron chi connectivity index (χ0n) is 9.39. The summed E-state index contributed by atoms with van der Waals surface area (Å²) in [5, 5.41) is 9.43. The van der Waals surface area contributed by atoms with E-state index in [2.05, 4.69) is 4.98 Å². The van der Waals surface area contributed by atoms with E-state index in [1.807, 2.05) is 6.07 Å². The summed E-state index contributed by atoms with van der Waals surface area (Å²) < 4.78 is 5.72. The van der Waals surface area contributed by atoms with Crippen LogP contribution < -0.4 is 5.73 Å². The van der Waals surface area contributed by atoms with Gasteiger partial charge in [0.05, 0.1) is 5.69 Å². The predicted molar refractivity (Wildman–Crippen MR) is 63.6 cm³/mol. The minimum atomic E-state index is 0.174. The van der Waals surface area contributed by atoms with Crippen molar-refractivity contribution in [1.29, 1.82) is 0 Å². The van der Waals surface area contributed by atoms with E-state index in [0.29, 0.717) is 5.89 Å². The van der Waals surface area contributed by atoms with Crippen molar-refractivity contribution in [2.24, 2.45) is 5.73 Å². The van der Waals surface area contributed by atoms with Gasteiger partial charge in [-0.1, -0.05) is 6.07 Å². The van der Waals surface area contributed by atoms with Crippen molar-refractivity contribution in [2.45, 2.75) is 25.3 Å². The van der Waals surface area contributed by atoms with Gasteiger partial charge >= 0.3 is 0 Å². The molecule has 3 N–H and O–H groups in total. The molecule has 17 heavy (non-hydrogen) atoms. The Morgan fingerprint density at radius 2 is 2.29 bits per heavy atom. The molecular weight excluding hydrogens is 216 g/mol. The second-order valence-electron chi connectivity index (χ2n) is 4.44. The molecule has 3 rings (SSSR count). The Balaban J connectivity index is 2.00. The van der Waals surface area contributed by atoms with E-state index in [1.165, 1.54) is 0 Å². The Kier molecular flexibility index (Phi) is 2.37. The lowest BCUT2D eigenvalue weighted by Gasteiger charge is -2.14. The monoisotopic (exact) mass is 230 g/mol. The molecule has 0 radical (unpaired) electrons. The molecule has 88 valence electrons. The number of aromatic nitrogens is 1. The number of nitrogens with zero attached hydrogens (tertiary/aromatic N) is 1. The Morgan fingerprint density at radius 1 is 1.41 bits per heavy atom. The molecule has 4 nitrogen and oxygen atoms in total. The highest BCUT2D eigenvalue weighted by molar-refractivity contribution is 5.56. The van der Waals surface area contributed by atoms with Gasteiger partial charge in [0.1, 0.15) is 11.5 Å². The molecule has 1 aromatic heterocycles. The van der Waals surface area contributed by atoms with Crippen LogP contribution in [0.3, 0.4) is 0 Å². The fourth-order valence-electron chi connectivity index (χ4n) is 2.16. The first-order valence-electron chi connectivity index (χ1n) is 5.76. The van der Waals surface area contributed by atoms with Gasteiger partial charge in [-0.2, -0.15) is 0 Å². The molecule has 0 spiro atoms. The van der Waals surface area contributed by atoms with Crippen LogP contribution in [0.4, 0.5) is 0 Å². The summed E-state index contributed by atoms with van der Waals surface area (Å²) >= 11 is 0. The molecular formula is C13H14N2O2. The van der Waals surface area contributed by atoms with E-state index < -0.39 is 0 Å². The Bertz CT molecular complexity index is 548. The number of oxazole rings is 1. The van der Waals surface area contributed by atoms with Crippen molar-refractivity contribution < 1.29 is 9.52 Å². The summed E-state index contributed by atoms with van der Waals surface area (Å²) in [5.74, 6) is 1.68. The van der Waals surface area contributed by atoms with Crippen LogP contribution in [0.25, 0.3) is 11.5 Å². The average molecular weight is 230 g/mol. The van der Waals surface area contributed by atoms with Crippen LogP contribution in [-0.2, 0) is 12.8 Å². The lowest BCUT2D eigenvalue weighted by molar-refractivity contribution is 0.455. The third-order valence-corrected chi connectivity index (χ3v) is 3.07. The summed E-state index contributed by atoms with van der Waals surface area (Å²) in [5.41, 5.74) is 7.70. The zero-order chi connectivity index (χ0) is 11.8. The number of aryl methyl sites for hydroxylation is 1. The molecule has 0 saturated carbocycles. The second-order valence-corrected chi connectivity index (χ2v) is 4.44.